The topological polar surface area (TPSA) is 90.0 Å². The van der Waals surface area contributed by atoms with Crippen molar-refractivity contribution in [2.24, 2.45) is 0 Å². The first-order valence-electron chi connectivity index (χ1n) is 12.6. The van der Waals surface area contributed by atoms with Gasteiger partial charge in [0.15, 0.2) is 0 Å². The molecule has 0 aliphatic rings. The quantitative estimate of drug-likeness (QED) is 0.346. The van der Waals surface area contributed by atoms with Crippen LogP contribution in [0.3, 0.4) is 0 Å². The molecule has 3 rings (SSSR count). The highest BCUT2D eigenvalue weighted by Crippen LogP contribution is 2.27. The highest BCUT2D eigenvalue weighted by Gasteiger charge is 2.35. The molecule has 0 heterocycles. The zero-order chi connectivity index (χ0) is 29.6. The molecule has 0 radical (unpaired) electrons. The molecule has 0 spiro atoms. The lowest BCUT2D eigenvalue weighted by atomic mass is 10.0. The number of hydrogen-bond acceptors (Lipinski definition) is 4. The molecule has 3 aromatic carbocycles. The first-order chi connectivity index (χ1) is 18.8. The number of benzene rings is 3. The van der Waals surface area contributed by atoms with Gasteiger partial charge in [0.1, 0.15) is 12.6 Å². The minimum Gasteiger partial charge on any atom is -0.357 e. The van der Waals surface area contributed by atoms with Crippen LogP contribution >= 0.6 is 23.2 Å². The van der Waals surface area contributed by atoms with E-state index in [1.54, 1.807) is 31.2 Å². The number of carbonyl (C=O) groups is 2. The van der Waals surface area contributed by atoms with Crippen molar-refractivity contribution < 1.29 is 18.0 Å². The first kappa shape index (κ1) is 31.4. The molecule has 3 aromatic rings. The van der Waals surface area contributed by atoms with E-state index in [9.17, 15) is 18.0 Å². The van der Waals surface area contributed by atoms with Crippen molar-refractivity contribution in [2.45, 2.75) is 32.9 Å². The standard InChI is InChI=1S/C29H34Cl2N4O4S/c1-20-11-12-21(2)26(15-20)35(40(38,39)33(4)5)19-28(36)34(18-23-13-14-24(30)25(31)16-23)27(29(37)32-3)17-22-9-7-6-8-10-22/h6-16,27H,17-19H2,1-5H3,(H,32,37). The predicted molar refractivity (Wildman–Crippen MR) is 161 cm³/mol. The van der Waals surface area contributed by atoms with E-state index in [0.717, 1.165) is 19.7 Å². The lowest BCUT2D eigenvalue weighted by Gasteiger charge is -2.34. The van der Waals surface area contributed by atoms with Crippen LogP contribution in [-0.4, -0.2) is 63.2 Å². The van der Waals surface area contributed by atoms with Gasteiger partial charge in [0, 0.05) is 34.1 Å². The third kappa shape index (κ3) is 7.54. The smallest absolute Gasteiger partial charge is 0.304 e. The Kier molecular flexibility index (Phi) is 10.6. The first-order valence-corrected chi connectivity index (χ1v) is 14.8. The van der Waals surface area contributed by atoms with E-state index in [0.29, 0.717) is 26.9 Å². The summed E-state index contributed by atoms with van der Waals surface area (Å²) in [7, 11) is 0.247. The van der Waals surface area contributed by atoms with Gasteiger partial charge in [-0.3, -0.25) is 9.59 Å². The Bertz CT molecular complexity index is 1470. The normalized spacial score (nSPS) is 12.2. The lowest BCUT2D eigenvalue weighted by molar-refractivity contribution is -0.139. The van der Waals surface area contributed by atoms with Gasteiger partial charge in [-0.15, -0.1) is 0 Å². The average molecular weight is 606 g/mol. The van der Waals surface area contributed by atoms with Gasteiger partial charge in [-0.1, -0.05) is 71.7 Å². The molecule has 1 N–H and O–H groups in total. The average Bonchev–Trinajstić information content (AvgIpc) is 2.92. The fraction of sp³-hybridized carbons (Fsp3) is 0.310. The predicted octanol–water partition coefficient (Wildman–Crippen LogP) is 4.61. The molecule has 0 aromatic heterocycles. The summed E-state index contributed by atoms with van der Waals surface area (Å²) >= 11 is 12.4. The fourth-order valence-corrected chi connectivity index (χ4v) is 5.68. The molecule has 0 aliphatic heterocycles. The number of nitrogens with one attached hydrogen (secondary N) is 1. The number of rotatable bonds is 11. The second kappa shape index (κ2) is 13.5. The summed E-state index contributed by atoms with van der Waals surface area (Å²) < 4.78 is 29.2. The minimum atomic E-state index is -4.08. The molecule has 40 heavy (non-hydrogen) atoms. The monoisotopic (exact) mass is 604 g/mol. The van der Waals surface area contributed by atoms with E-state index in [-0.39, 0.29) is 18.9 Å². The number of carbonyl (C=O) groups excluding carboxylic acids is 2. The molecule has 2 amide bonds. The maximum Gasteiger partial charge on any atom is 0.304 e. The SMILES string of the molecule is CNC(=O)C(Cc1ccccc1)N(Cc1ccc(Cl)c(Cl)c1)C(=O)CN(c1cc(C)ccc1C)S(=O)(=O)N(C)C. The maximum atomic E-state index is 14.2. The van der Waals surface area contributed by atoms with Gasteiger partial charge in [-0.2, -0.15) is 12.7 Å². The number of nitrogens with zero attached hydrogens (tertiary/aromatic N) is 3. The van der Waals surface area contributed by atoms with Crippen molar-refractivity contribution in [3.05, 3.63) is 99.0 Å². The number of anilines is 1. The van der Waals surface area contributed by atoms with Crippen LogP contribution in [-0.2, 0) is 32.8 Å². The number of halogens is 2. The van der Waals surface area contributed by atoms with E-state index < -0.39 is 28.7 Å². The Morgan fingerprint density at radius 2 is 1.57 bits per heavy atom. The highest BCUT2D eigenvalue weighted by atomic mass is 35.5. The summed E-state index contributed by atoms with van der Waals surface area (Å²) in [6.07, 6.45) is 0.220. The second-order valence-electron chi connectivity index (χ2n) is 9.68. The maximum absolute atomic E-state index is 14.2. The fourth-order valence-electron chi connectivity index (χ4n) is 4.25. The summed E-state index contributed by atoms with van der Waals surface area (Å²) in [5, 5.41) is 3.32. The molecule has 8 nitrogen and oxygen atoms in total. The van der Waals surface area contributed by atoms with Gasteiger partial charge >= 0.3 is 10.2 Å². The van der Waals surface area contributed by atoms with Gasteiger partial charge < -0.3 is 10.2 Å². The van der Waals surface area contributed by atoms with Crippen molar-refractivity contribution in [3.63, 3.8) is 0 Å². The Labute approximate surface area is 246 Å². The molecule has 0 fully saturated rings. The van der Waals surface area contributed by atoms with Crippen LogP contribution in [0.5, 0.6) is 0 Å². The number of likely N-dealkylation sites (N-methyl/N-ethyl adjacent to an activating group) is 1. The van der Waals surface area contributed by atoms with Gasteiger partial charge in [-0.25, -0.2) is 4.31 Å². The van der Waals surface area contributed by atoms with Crippen molar-refractivity contribution in [2.75, 3.05) is 32.0 Å². The van der Waals surface area contributed by atoms with Gasteiger partial charge in [0.2, 0.25) is 11.8 Å². The summed E-state index contributed by atoms with van der Waals surface area (Å²) in [4.78, 5) is 28.8. The third-order valence-electron chi connectivity index (χ3n) is 6.51. The van der Waals surface area contributed by atoms with Crippen LogP contribution in [0.4, 0.5) is 5.69 Å². The van der Waals surface area contributed by atoms with E-state index in [1.807, 2.05) is 49.4 Å². The van der Waals surface area contributed by atoms with Crippen LogP contribution in [0.1, 0.15) is 22.3 Å². The van der Waals surface area contributed by atoms with Crippen molar-refractivity contribution in [3.8, 4) is 0 Å². The Morgan fingerprint density at radius 1 is 0.900 bits per heavy atom. The summed E-state index contributed by atoms with van der Waals surface area (Å²) in [6, 6.07) is 18.8. The van der Waals surface area contributed by atoms with Gasteiger partial charge in [-0.05, 0) is 54.3 Å². The van der Waals surface area contributed by atoms with Crippen LogP contribution < -0.4 is 9.62 Å². The molecule has 0 aliphatic carbocycles. The van der Waals surface area contributed by atoms with Crippen LogP contribution in [0, 0.1) is 13.8 Å². The number of aryl methyl sites for hydroxylation is 2. The molecule has 0 saturated carbocycles. The zero-order valence-corrected chi connectivity index (χ0v) is 25.5. The highest BCUT2D eigenvalue weighted by molar-refractivity contribution is 7.90. The number of amides is 2. The van der Waals surface area contributed by atoms with E-state index in [4.69, 9.17) is 23.2 Å². The summed E-state index contributed by atoms with van der Waals surface area (Å²) in [5.41, 5.74) is 3.39. The Balaban J connectivity index is 2.12. The van der Waals surface area contributed by atoms with Crippen molar-refractivity contribution in [1.29, 1.82) is 0 Å². The largest absolute Gasteiger partial charge is 0.357 e. The van der Waals surface area contributed by atoms with Crippen LogP contribution in [0.25, 0.3) is 0 Å². The molecule has 0 bridgehead atoms. The van der Waals surface area contributed by atoms with E-state index in [2.05, 4.69) is 5.32 Å². The van der Waals surface area contributed by atoms with E-state index >= 15 is 0 Å². The third-order valence-corrected chi connectivity index (χ3v) is 9.05. The zero-order valence-electron chi connectivity index (χ0n) is 23.2. The van der Waals surface area contributed by atoms with Gasteiger partial charge in [0.05, 0.1) is 15.7 Å². The number of hydrogen-bond donors (Lipinski definition) is 1. The molecule has 1 atom stereocenters. The van der Waals surface area contributed by atoms with Crippen LogP contribution in [0.2, 0.25) is 10.0 Å². The Hall–Kier alpha value is -3.11. The van der Waals surface area contributed by atoms with Crippen molar-refractivity contribution in [1.82, 2.24) is 14.5 Å². The molecular formula is C29H34Cl2N4O4S. The molecule has 1 unspecified atom stereocenters. The summed E-state index contributed by atoms with van der Waals surface area (Å²) in [5.74, 6) is -0.937. The van der Waals surface area contributed by atoms with Crippen LogP contribution in [0.15, 0.2) is 66.7 Å². The second-order valence-corrected chi connectivity index (χ2v) is 12.6. The molecular weight excluding hydrogens is 571 g/mol. The van der Waals surface area contributed by atoms with E-state index in [1.165, 1.54) is 26.0 Å². The molecule has 214 valence electrons. The van der Waals surface area contributed by atoms with Gasteiger partial charge in [0.25, 0.3) is 0 Å². The Morgan fingerprint density at radius 3 is 2.17 bits per heavy atom. The lowest BCUT2D eigenvalue weighted by Crippen LogP contribution is -2.54. The van der Waals surface area contributed by atoms with Crippen molar-refractivity contribution >= 4 is 50.9 Å². The molecule has 0 saturated heterocycles. The summed E-state index contributed by atoms with van der Waals surface area (Å²) in [6.45, 7) is 3.12. The minimum absolute atomic E-state index is 0.00327. The molecule has 11 heteroatoms.